The van der Waals surface area contributed by atoms with Crippen molar-refractivity contribution in [3.8, 4) is 6.07 Å². The minimum Gasteiger partial charge on any atom is -0.383 e. The number of aliphatic imine (C=N–C) groups is 1. The Morgan fingerprint density at radius 1 is 1.62 bits per heavy atom. The van der Waals surface area contributed by atoms with Crippen LogP contribution in [0.15, 0.2) is 16.5 Å². The third-order valence-electron chi connectivity index (χ3n) is 0.537. The maximum Gasteiger partial charge on any atom is 0.179 e. The first-order valence-corrected chi connectivity index (χ1v) is 1.84. The van der Waals surface area contributed by atoms with Crippen LogP contribution in [0.2, 0.25) is 0 Å². The molecule has 42 valence electrons. The van der Waals surface area contributed by atoms with Gasteiger partial charge in [0.2, 0.25) is 0 Å². The molecule has 0 fully saturated rings. The monoisotopic (exact) mass is 110 g/mol. The second-order valence-corrected chi connectivity index (χ2v) is 1.07. The number of hydrogen-bond acceptors (Lipinski definition) is 4. The van der Waals surface area contributed by atoms with E-state index in [0.29, 0.717) is 0 Å². The lowest BCUT2D eigenvalue weighted by atomic mass is 10.5. The first-order valence-electron chi connectivity index (χ1n) is 1.84. The summed E-state index contributed by atoms with van der Waals surface area (Å²) < 4.78 is 0. The molecular weight excluding hydrogens is 104 g/mol. The van der Waals surface area contributed by atoms with Gasteiger partial charge in [0, 0.05) is 0 Å². The largest absolute Gasteiger partial charge is 0.383 e. The van der Waals surface area contributed by atoms with Crippen molar-refractivity contribution in [1.82, 2.24) is 0 Å². The maximum atomic E-state index is 8.09. The van der Waals surface area contributed by atoms with Gasteiger partial charge < -0.3 is 11.5 Å². The van der Waals surface area contributed by atoms with Crippen LogP contribution in [0.4, 0.5) is 0 Å². The van der Waals surface area contributed by atoms with Gasteiger partial charge in [-0.2, -0.15) is 5.26 Å². The van der Waals surface area contributed by atoms with Crippen LogP contribution in [0, 0.1) is 11.3 Å². The Morgan fingerprint density at radius 2 is 2.12 bits per heavy atom. The van der Waals surface area contributed by atoms with E-state index in [9.17, 15) is 0 Å². The predicted octanol–water partition coefficient (Wildman–Crippen LogP) is -0.703. The molecule has 0 aliphatic heterocycles. The molecule has 0 aromatic rings. The summed E-state index contributed by atoms with van der Waals surface area (Å²) in [5, 5.41) is 8.09. The molecule has 4 heteroatoms. The van der Waals surface area contributed by atoms with E-state index < -0.39 is 0 Å². The first kappa shape index (κ1) is 6.50. The second-order valence-electron chi connectivity index (χ2n) is 1.07. The molecule has 0 unspecified atom stereocenters. The highest BCUT2D eigenvalue weighted by Crippen LogP contribution is 1.89. The van der Waals surface area contributed by atoms with Gasteiger partial charge in [0.15, 0.2) is 5.70 Å². The maximum absolute atomic E-state index is 8.09. The van der Waals surface area contributed by atoms with E-state index in [1.807, 2.05) is 0 Å². The van der Waals surface area contributed by atoms with Gasteiger partial charge >= 0.3 is 0 Å². The van der Waals surface area contributed by atoms with E-state index in [4.69, 9.17) is 16.7 Å². The number of nitrogens with two attached hydrogens (primary N) is 2. The Hall–Kier alpha value is -1.50. The van der Waals surface area contributed by atoms with Crippen molar-refractivity contribution in [3.63, 3.8) is 0 Å². The lowest BCUT2D eigenvalue weighted by Gasteiger charge is -1.87. The Kier molecular flexibility index (Phi) is 2.14. The van der Waals surface area contributed by atoms with Gasteiger partial charge in [0.1, 0.15) is 11.9 Å². The molecule has 0 aliphatic carbocycles. The van der Waals surface area contributed by atoms with Crippen molar-refractivity contribution in [1.29, 1.82) is 5.26 Å². The molecule has 0 radical (unpaired) electrons. The Bertz CT molecular complexity index is 157. The van der Waals surface area contributed by atoms with E-state index in [2.05, 4.69) is 11.7 Å². The van der Waals surface area contributed by atoms with Crippen LogP contribution in [0.3, 0.4) is 0 Å². The number of nitrogens with zero attached hydrogens (tertiary/aromatic N) is 2. The average Bonchev–Trinajstić information content (AvgIpc) is 1.69. The molecule has 4 N–H and O–H groups in total. The standard InChI is InChI=1S/C4H6N4/c1-8-3(2-5)4(6)7/h1,6-7H2. The van der Waals surface area contributed by atoms with E-state index in [-0.39, 0.29) is 11.5 Å². The lowest BCUT2D eigenvalue weighted by Crippen LogP contribution is -2.10. The summed E-state index contributed by atoms with van der Waals surface area (Å²) in [6, 6.07) is 1.65. The molecule has 8 heavy (non-hydrogen) atoms. The van der Waals surface area contributed by atoms with Crippen LogP contribution in [-0.2, 0) is 0 Å². The van der Waals surface area contributed by atoms with Gasteiger partial charge in [-0.05, 0) is 6.72 Å². The summed E-state index contributed by atoms with van der Waals surface area (Å²) in [5.41, 5.74) is 9.89. The fraction of sp³-hybridized carbons (Fsp3) is 0. The van der Waals surface area contributed by atoms with Gasteiger partial charge in [-0.15, -0.1) is 0 Å². The highest BCUT2D eigenvalue weighted by Gasteiger charge is 1.90. The molecule has 0 aromatic heterocycles. The molecular formula is C4H6N4. The summed E-state index contributed by atoms with van der Waals surface area (Å²) in [6.07, 6.45) is 0. The Labute approximate surface area is 47.1 Å². The molecule has 0 atom stereocenters. The molecule has 0 heterocycles. The van der Waals surface area contributed by atoms with E-state index in [0.717, 1.165) is 0 Å². The summed E-state index contributed by atoms with van der Waals surface area (Å²) in [4.78, 5) is 3.22. The third kappa shape index (κ3) is 1.30. The molecule has 0 bridgehead atoms. The highest BCUT2D eigenvalue weighted by molar-refractivity contribution is 5.35. The number of rotatable bonds is 1. The Balaban J connectivity index is 4.38. The van der Waals surface area contributed by atoms with Crippen molar-refractivity contribution < 1.29 is 0 Å². The zero-order chi connectivity index (χ0) is 6.57. The zero-order valence-electron chi connectivity index (χ0n) is 4.26. The SMILES string of the molecule is C=NC(C#N)=C(N)N. The summed E-state index contributed by atoms with van der Waals surface area (Å²) in [7, 11) is 0. The quantitative estimate of drug-likeness (QED) is 0.345. The van der Waals surface area contributed by atoms with Crippen molar-refractivity contribution in [2.45, 2.75) is 0 Å². The summed E-state index contributed by atoms with van der Waals surface area (Å²) in [5.74, 6) is -0.0949. The van der Waals surface area contributed by atoms with Gasteiger partial charge in [-0.3, -0.25) is 0 Å². The van der Waals surface area contributed by atoms with Crippen LogP contribution in [0.1, 0.15) is 0 Å². The van der Waals surface area contributed by atoms with Crippen LogP contribution in [0.25, 0.3) is 0 Å². The van der Waals surface area contributed by atoms with Crippen LogP contribution in [0.5, 0.6) is 0 Å². The van der Waals surface area contributed by atoms with Gasteiger partial charge in [0.05, 0.1) is 0 Å². The van der Waals surface area contributed by atoms with Gasteiger partial charge in [-0.1, -0.05) is 0 Å². The van der Waals surface area contributed by atoms with E-state index >= 15 is 0 Å². The zero-order valence-corrected chi connectivity index (χ0v) is 4.26. The fourth-order valence-electron chi connectivity index (χ4n) is 0.191. The topological polar surface area (TPSA) is 88.2 Å². The number of allylic oxidation sites excluding steroid dienone is 1. The van der Waals surface area contributed by atoms with Gasteiger partial charge in [-0.25, -0.2) is 4.99 Å². The molecule has 0 spiro atoms. The third-order valence-corrected chi connectivity index (χ3v) is 0.537. The minimum absolute atomic E-state index is 0.0231. The van der Waals surface area contributed by atoms with Crippen molar-refractivity contribution in [2.75, 3.05) is 0 Å². The van der Waals surface area contributed by atoms with Crippen molar-refractivity contribution in [3.05, 3.63) is 11.5 Å². The van der Waals surface area contributed by atoms with Crippen molar-refractivity contribution in [2.24, 2.45) is 16.5 Å². The van der Waals surface area contributed by atoms with Gasteiger partial charge in [0.25, 0.3) is 0 Å². The first-order chi connectivity index (χ1) is 3.72. The second kappa shape index (κ2) is 2.64. The van der Waals surface area contributed by atoms with Crippen molar-refractivity contribution >= 4 is 6.72 Å². The van der Waals surface area contributed by atoms with Crippen LogP contribution < -0.4 is 11.5 Å². The Morgan fingerprint density at radius 3 is 2.12 bits per heavy atom. The summed E-state index contributed by atoms with van der Waals surface area (Å²) in [6.45, 7) is 3.06. The fourth-order valence-corrected chi connectivity index (χ4v) is 0.191. The number of nitriles is 1. The normalized spacial score (nSPS) is 6.88. The average molecular weight is 110 g/mol. The van der Waals surface area contributed by atoms with Crippen LogP contribution >= 0.6 is 0 Å². The molecule has 0 aliphatic rings. The highest BCUT2D eigenvalue weighted by atomic mass is 14.9. The molecule has 0 rings (SSSR count). The minimum atomic E-state index is -0.0949. The molecule has 0 saturated carbocycles. The molecule has 0 aromatic carbocycles. The molecule has 0 amide bonds. The van der Waals surface area contributed by atoms with E-state index in [1.54, 1.807) is 6.07 Å². The molecule has 4 nitrogen and oxygen atoms in total. The van der Waals surface area contributed by atoms with E-state index in [1.165, 1.54) is 0 Å². The van der Waals surface area contributed by atoms with Crippen LogP contribution in [-0.4, -0.2) is 6.72 Å². The smallest absolute Gasteiger partial charge is 0.179 e. The number of hydrogen-bond donors (Lipinski definition) is 2. The summed E-state index contributed by atoms with van der Waals surface area (Å²) >= 11 is 0. The lowest BCUT2D eigenvalue weighted by molar-refractivity contribution is 1.17. The predicted molar refractivity (Wildman–Crippen MR) is 30.6 cm³/mol. The molecule has 0 saturated heterocycles.